The van der Waals surface area contributed by atoms with Gasteiger partial charge in [-0.05, 0) is 38.0 Å². The number of rotatable bonds is 4. The fourth-order valence-corrected chi connectivity index (χ4v) is 3.23. The molecule has 0 spiro atoms. The number of carbonyl (C=O) groups is 1. The minimum absolute atomic E-state index is 0.0330. The molecule has 0 fully saturated rings. The van der Waals surface area contributed by atoms with Gasteiger partial charge < -0.3 is 9.88 Å². The molecule has 0 radical (unpaired) electrons. The van der Waals surface area contributed by atoms with E-state index in [9.17, 15) is 4.79 Å². The summed E-state index contributed by atoms with van der Waals surface area (Å²) < 4.78 is 2.29. The van der Waals surface area contributed by atoms with Crippen molar-refractivity contribution in [3.05, 3.63) is 29.6 Å². The lowest BCUT2D eigenvalue weighted by Gasteiger charge is -2.29. The summed E-state index contributed by atoms with van der Waals surface area (Å²) in [6.45, 7) is 12.5. The maximum atomic E-state index is 12.2. The van der Waals surface area contributed by atoms with Crippen LogP contribution in [-0.4, -0.2) is 39.5 Å². The third-order valence-corrected chi connectivity index (χ3v) is 4.14. The van der Waals surface area contributed by atoms with Crippen LogP contribution >= 0.6 is 0 Å². The van der Waals surface area contributed by atoms with E-state index in [0.29, 0.717) is 11.5 Å². The fraction of sp³-hybridized carbons (Fsp3) is 0.556. The Hall–Kier alpha value is -1.88. The van der Waals surface area contributed by atoms with Crippen LogP contribution in [0.25, 0.3) is 11.0 Å². The van der Waals surface area contributed by atoms with Gasteiger partial charge in [0.2, 0.25) is 0 Å². The van der Waals surface area contributed by atoms with E-state index in [2.05, 4.69) is 28.6 Å². The van der Waals surface area contributed by atoms with Gasteiger partial charge in [-0.1, -0.05) is 13.8 Å². The van der Waals surface area contributed by atoms with Crippen molar-refractivity contribution in [2.24, 2.45) is 5.92 Å². The van der Waals surface area contributed by atoms with Crippen molar-refractivity contribution < 1.29 is 4.79 Å². The van der Waals surface area contributed by atoms with E-state index in [1.165, 1.54) is 0 Å². The lowest BCUT2D eigenvalue weighted by Crippen LogP contribution is -2.36. The first-order valence-corrected chi connectivity index (χ1v) is 8.46. The molecule has 1 aromatic heterocycles. The van der Waals surface area contributed by atoms with Crippen LogP contribution in [0.2, 0.25) is 0 Å². The second kappa shape index (κ2) is 6.32. The molecule has 1 aliphatic heterocycles. The Morgan fingerprint density at radius 3 is 2.74 bits per heavy atom. The second-order valence-corrected chi connectivity index (χ2v) is 7.14. The molecule has 5 nitrogen and oxygen atoms in total. The summed E-state index contributed by atoms with van der Waals surface area (Å²) in [6, 6.07) is 5.97. The van der Waals surface area contributed by atoms with Gasteiger partial charge in [-0.15, -0.1) is 0 Å². The van der Waals surface area contributed by atoms with Crippen LogP contribution in [-0.2, 0) is 13.1 Å². The normalized spacial score (nSPS) is 15.4. The molecule has 1 N–H and O–H groups in total. The van der Waals surface area contributed by atoms with E-state index in [-0.39, 0.29) is 11.9 Å². The highest BCUT2D eigenvalue weighted by molar-refractivity contribution is 5.97. The van der Waals surface area contributed by atoms with Gasteiger partial charge in [0.15, 0.2) is 0 Å². The van der Waals surface area contributed by atoms with Crippen molar-refractivity contribution in [2.45, 2.75) is 46.8 Å². The van der Waals surface area contributed by atoms with E-state index < -0.39 is 0 Å². The third-order valence-electron chi connectivity index (χ3n) is 4.14. The average molecular weight is 314 g/mol. The standard InChI is InChI=1S/C18H26N4O/c1-12(2)10-21-7-8-22-16-6-5-14(18(23)19-13(3)4)9-15(16)20-17(22)11-21/h5-6,9,12-13H,7-8,10-11H2,1-4H3,(H,19,23). The summed E-state index contributed by atoms with van der Waals surface area (Å²) in [5.41, 5.74) is 2.73. The van der Waals surface area contributed by atoms with E-state index >= 15 is 0 Å². The largest absolute Gasteiger partial charge is 0.350 e. The Kier molecular flexibility index (Phi) is 4.39. The van der Waals surface area contributed by atoms with Crippen LogP contribution < -0.4 is 5.32 Å². The number of fused-ring (bicyclic) bond motifs is 3. The van der Waals surface area contributed by atoms with Gasteiger partial charge in [-0.3, -0.25) is 9.69 Å². The summed E-state index contributed by atoms with van der Waals surface area (Å²) in [7, 11) is 0. The predicted molar refractivity (Wildman–Crippen MR) is 92.5 cm³/mol. The quantitative estimate of drug-likeness (QED) is 0.944. The van der Waals surface area contributed by atoms with Crippen molar-refractivity contribution >= 4 is 16.9 Å². The van der Waals surface area contributed by atoms with Gasteiger partial charge in [-0.2, -0.15) is 0 Å². The summed E-state index contributed by atoms with van der Waals surface area (Å²) in [5, 5.41) is 2.93. The Balaban J connectivity index is 1.87. The SMILES string of the molecule is CC(C)CN1CCn2c(nc3cc(C(=O)NC(C)C)ccc32)C1. The number of carbonyl (C=O) groups excluding carboxylic acids is 1. The molecule has 0 aliphatic carbocycles. The zero-order chi connectivity index (χ0) is 16.6. The minimum Gasteiger partial charge on any atom is -0.350 e. The summed E-state index contributed by atoms with van der Waals surface area (Å²) in [4.78, 5) is 19.4. The number of benzene rings is 1. The van der Waals surface area contributed by atoms with Crippen molar-refractivity contribution in [1.29, 1.82) is 0 Å². The molecule has 0 unspecified atom stereocenters. The molecule has 0 saturated heterocycles. The van der Waals surface area contributed by atoms with Crippen molar-refractivity contribution in [3.63, 3.8) is 0 Å². The third kappa shape index (κ3) is 3.39. The molecular formula is C18H26N4O. The maximum Gasteiger partial charge on any atom is 0.251 e. The Bertz CT molecular complexity index is 717. The predicted octanol–water partition coefficient (Wildman–Crippen LogP) is 2.65. The number of hydrogen-bond acceptors (Lipinski definition) is 3. The zero-order valence-corrected chi connectivity index (χ0v) is 14.5. The summed E-state index contributed by atoms with van der Waals surface area (Å²) in [6.07, 6.45) is 0. The van der Waals surface area contributed by atoms with Gasteiger partial charge in [0.05, 0.1) is 17.6 Å². The molecular weight excluding hydrogens is 288 g/mol. The molecule has 1 aliphatic rings. The highest BCUT2D eigenvalue weighted by atomic mass is 16.1. The highest BCUT2D eigenvalue weighted by Gasteiger charge is 2.21. The molecule has 2 aromatic rings. The highest BCUT2D eigenvalue weighted by Crippen LogP contribution is 2.22. The van der Waals surface area contributed by atoms with Crippen molar-refractivity contribution in [3.8, 4) is 0 Å². The first-order valence-electron chi connectivity index (χ1n) is 8.46. The van der Waals surface area contributed by atoms with Crippen LogP contribution in [0.4, 0.5) is 0 Å². The molecule has 1 amide bonds. The van der Waals surface area contributed by atoms with Crippen LogP contribution in [0.15, 0.2) is 18.2 Å². The van der Waals surface area contributed by atoms with Gasteiger partial charge in [0, 0.05) is 31.2 Å². The summed E-state index contributed by atoms with van der Waals surface area (Å²) >= 11 is 0. The first kappa shape index (κ1) is 16.0. The average Bonchev–Trinajstić information content (AvgIpc) is 2.82. The minimum atomic E-state index is -0.0330. The van der Waals surface area contributed by atoms with E-state index in [1.54, 1.807) is 0 Å². The Morgan fingerprint density at radius 2 is 2.04 bits per heavy atom. The smallest absolute Gasteiger partial charge is 0.251 e. The zero-order valence-electron chi connectivity index (χ0n) is 14.5. The van der Waals surface area contributed by atoms with Crippen molar-refractivity contribution in [1.82, 2.24) is 19.8 Å². The Labute approximate surface area is 137 Å². The lowest BCUT2D eigenvalue weighted by molar-refractivity contribution is 0.0943. The molecule has 1 aromatic carbocycles. The topological polar surface area (TPSA) is 50.2 Å². The molecule has 124 valence electrons. The molecule has 5 heteroatoms. The van der Waals surface area contributed by atoms with Gasteiger partial charge in [0.1, 0.15) is 5.82 Å². The van der Waals surface area contributed by atoms with Crippen LogP contribution in [0, 0.1) is 5.92 Å². The summed E-state index contributed by atoms with van der Waals surface area (Å²) in [5.74, 6) is 1.74. The molecule has 0 atom stereocenters. The van der Waals surface area contributed by atoms with Crippen molar-refractivity contribution in [2.75, 3.05) is 13.1 Å². The fourth-order valence-electron chi connectivity index (χ4n) is 3.23. The monoisotopic (exact) mass is 314 g/mol. The number of nitrogens with one attached hydrogen (secondary N) is 1. The molecule has 0 bridgehead atoms. The first-order chi connectivity index (χ1) is 10.9. The van der Waals surface area contributed by atoms with E-state index in [0.717, 1.165) is 43.0 Å². The van der Waals surface area contributed by atoms with Crippen LogP contribution in [0.3, 0.4) is 0 Å². The number of aromatic nitrogens is 2. The van der Waals surface area contributed by atoms with E-state index in [4.69, 9.17) is 4.98 Å². The Morgan fingerprint density at radius 1 is 1.26 bits per heavy atom. The molecule has 2 heterocycles. The second-order valence-electron chi connectivity index (χ2n) is 7.14. The van der Waals surface area contributed by atoms with E-state index in [1.807, 2.05) is 32.0 Å². The van der Waals surface area contributed by atoms with Gasteiger partial charge >= 0.3 is 0 Å². The lowest BCUT2D eigenvalue weighted by atomic mass is 10.1. The van der Waals surface area contributed by atoms with Gasteiger partial charge in [-0.25, -0.2) is 4.98 Å². The molecule has 3 rings (SSSR count). The number of hydrogen-bond donors (Lipinski definition) is 1. The van der Waals surface area contributed by atoms with Crippen LogP contribution in [0.1, 0.15) is 43.9 Å². The molecule has 0 saturated carbocycles. The number of imidazole rings is 1. The van der Waals surface area contributed by atoms with Crippen LogP contribution in [0.5, 0.6) is 0 Å². The maximum absolute atomic E-state index is 12.2. The number of amides is 1. The van der Waals surface area contributed by atoms with Gasteiger partial charge in [0.25, 0.3) is 5.91 Å². The molecule has 23 heavy (non-hydrogen) atoms. The number of nitrogens with zero attached hydrogens (tertiary/aromatic N) is 3.